The largest absolute Gasteiger partial charge is 0.379 e. The summed E-state index contributed by atoms with van der Waals surface area (Å²) in [5.74, 6) is 0.809. The zero-order valence-corrected chi connectivity index (χ0v) is 10.2. The van der Waals surface area contributed by atoms with Crippen molar-refractivity contribution in [3.05, 3.63) is 30.2 Å². The molecule has 0 aliphatic heterocycles. The van der Waals surface area contributed by atoms with E-state index in [0.717, 1.165) is 6.42 Å². The fraction of sp³-hybridized carbons (Fsp3) is 0.417. The summed E-state index contributed by atoms with van der Waals surface area (Å²) in [7, 11) is 0. The number of nitrogens with two attached hydrogens (primary N) is 1. The molecule has 96 valence electrons. The Morgan fingerprint density at radius 1 is 1.44 bits per heavy atom. The van der Waals surface area contributed by atoms with Crippen LogP contribution in [0.4, 0.5) is 0 Å². The lowest BCUT2D eigenvalue weighted by Crippen LogP contribution is -2.18. The Morgan fingerprint density at radius 3 is 3.06 bits per heavy atom. The zero-order valence-electron chi connectivity index (χ0n) is 10.2. The van der Waals surface area contributed by atoms with E-state index < -0.39 is 0 Å². The Bertz CT molecular complexity index is 472. The van der Waals surface area contributed by atoms with Gasteiger partial charge in [0.25, 0.3) is 5.89 Å². The predicted octanol–water partition coefficient (Wildman–Crippen LogP) is 1.56. The summed E-state index contributed by atoms with van der Waals surface area (Å²) in [6, 6.07) is 5.11. The molecule has 2 rings (SSSR count). The Balaban J connectivity index is 2.02. The molecule has 0 aliphatic rings. The van der Waals surface area contributed by atoms with Gasteiger partial charge in [0.15, 0.2) is 5.82 Å². The lowest BCUT2D eigenvalue weighted by molar-refractivity contribution is 0.119. The van der Waals surface area contributed by atoms with Crippen LogP contribution in [0.2, 0.25) is 0 Å². The minimum Gasteiger partial charge on any atom is -0.379 e. The molecular formula is C12H16N4O2. The van der Waals surface area contributed by atoms with Crippen molar-refractivity contribution in [3.63, 3.8) is 0 Å². The molecule has 0 saturated heterocycles. The molecule has 0 fully saturated rings. The van der Waals surface area contributed by atoms with Crippen molar-refractivity contribution in [1.82, 2.24) is 15.1 Å². The van der Waals surface area contributed by atoms with Crippen LogP contribution in [0.25, 0.3) is 11.6 Å². The van der Waals surface area contributed by atoms with Crippen LogP contribution in [0.15, 0.2) is 28.9 Å². The molecule has 0 spiro atoms. The molecule has 1 unspecified atom stereocenters. The highest BCUT2D eigenvalue weighted by molar-refractivity contribution is 5.45. The van der Waals surface area contributed by atoms with E-state index in [1.165, 1.54) is 0 Å². The number of rotatable bonds is 6. The van der Waals surface area contributed by atoms with E-state index in [0.29, 0.717) is 30.6 Å². The van der Waals surface area contributed by atoms with Gasteiger partial charge < -0.3 is 15.0 Å². The first-order chi connectivity index (χ1) is 8.81. The van der Waals surface area contributed by atoms with Gasteiger partial charge in [0.2, 0.25) is 0 Å². The molecule has 0 aromatic carbocycles. The van der Waals surface area contributed by atoms with Crippen LogP contribution in [0.1, 0.15) is 25.2 Å². The predicted molar refractivity (Wildman–Crippen MR) is 65.6 cm³/mol. The Morgan fingerprint density at radius 2 is 2.33 bits per heavy atom. The summed E-state index contributed by atoms with van der Waals surface area (Å²) in [6.07, 6.45) is 2.63. The Kier molecular flexibility index (Phi) is 4.38. The molecule has 2 aromatic rings. The van der Waals surface area contributed by atoms with Crippen LogP contribution in [0.5, 0.6) is 0 Å². The maximum absolute atomic E-state index is 5.90. The van der Waals surface area contributed by atoms with E-state index in [9.17, 15) is 0 Å². The van der Waals surface area contributed by atoms with Crippen LogP contribution >= 0.6 is 0 Å². The van der Waals surface area contributed by atoms with Gasteiger partial charge in [-0.15, -0.1) is 0 Å². The lowest BCUT2D eigenvalue weighted by atomic mass is 10.3. The molecule has 18 heavy (non-hydrogen) atoms. The highest BCUT2D eigenvalue weighted by Crippen LogP contribution is 2.15. The molecule has 1 atom stereocenters. The molecule has 0 aliphatic carbocycles. The van der Waals surface area contributed by atoms with Crippen LogP contribution < -0.4 is 5.73 Å². The fourth-order valence-corrected chi connectivity index (χ4v) is 1.41. The molecule has 0 amide bonds. The minimum absolute atomic E-state index is 0.372. The third-order valence-corrected chi connectivity index (χ3v) is 2.30. The molecule has 2 heterocycles. The maximum Gasteiger partial charge on any atom is 0.276 e. The first-order valence-corrected chi connectivity index (χ1v) is 5.89. The van der Waals surface area contributed by atoms with Crippen molar-refractivity contribution in [3.8, 4) is 11.6 Å². The van der Waals surface area contributed by atoms with E-state index in [1.54, 1.807) is 12.3 Å². The molecular weight excluding hydrogens is 232 g/mol. The van der Waals surface area contributed by atoms with E-state index in [4.69, 9.17) is 15.0 Å². The van der Waals surface area contributed by atoms with E-state index in [1.807, 2.05) is 19.1 Å². The van der Waals surface area contributed by atoms with Gasteiger partial charge in [0.05, 0.1) is 12.6 Å². The lowest BCUT2D eigenvalue weighted by Gasteiger charge is -2.06. The van der Waals surface area contributed by atoms with Gasteiger partial charge in [0.1, 0.15) is 5.69 Å². The van der Waals surface area contributed by atoms with Crippen molar-refractivity contribution in [2.24, 2.45) is 5.73 Å². The topological polar surface area (TPSA) is 87.1 Å². The molecule has 6 nitrogen and oxygen atoms in total. The molecule has 6 heteroatoms. The smallest absolute Gasteiger partial charge is 0.276 e. The monoisotopic (exact) mass is 248 g/mol. The van der Waals surface area contributed by atoms with Crippen molar-refractivity contribution < 1.29 is 9.26 Å². The van der Waals surface area contributed by atoms with Crippen molar-refractivity contribution in [2.75, 3.05) is 13.2 Å². The summed E-state index contributed by atoms with van der Waals surface area (Å²) in [5, 5.41) is 3.84. The maximum atomic E-state index is 5.90. The van der Waals surface area contributed by atoms with Crippen LogP contribution in [0.3, 0.4) is 0 Å². The van der Waals surface area contributed by atoms with Gasteiger partial charge in [-0.25, -0.2) is 0 Å². The third-order valence-electron chi connectivity index (χ3n) is 2.30. The van der Waals surface area contributed by atoms with E-state index in [-0.39, 0.29) is 6.04 Å². The summed E-state index contributed by atoms with van der Waals surface area (Å²) >= 11 is 0. The van der Waals surface area contributed by atoms with Crippen molar-refractivity contribution in [1.29, 1.82) is 0 Å². The van der Waals surface area contributed by atoms with Gasteiger partial charge in [-0.3, -0.25) is 4.98 Å². The summed E-state index contributed by atoms with van der Waals surface area (Å²) in [6.45, 7) is 3.10. The summed E-state index contributed by atoms with van der Waals surface area (Å²) in [5.41, 5.74) is 6.53. The molecule has 0 radical (unpaired) electrons. The average molecular weight is 248 g/mol. The highest BCUT2D eigenvalue weighted by atomic mass is 16.5. The number of hydrogen-bond acceptors (Lipinski definition) is 6. The number of pyridine rings is 1. The fourth-order valence-electron chi connectivity index (χ4n) is 1.41. The van der Waals surface area contributed by atoms with Crippen LogP contribution in [-0.4, -0.2) is 28.3 Å². The van der Waals surface area contributed by atoms with Gasteiger partial charge in [-0.05, 0) is 18.6 Å². The highest BCUT2D eigenvalue weighted by Gasteiger charge is 2.15. The first-order valence-electron chi connectivity index (χ1n) is 5.89. The molecule has 2 N–H and O–H groups in total. The molecule has 2 aromatic heterocycles. The molecule has 0 saturated carbocycles. The quantitative estimate of drug-likeness (QED) is 0.780. The number of hydrogen-bond donors (Lipinski definition) is 1. The standard InChI is InChI=1S/C12H16N4O2/c1-2-7-17-8-9(13)11-15-12(18-16-11)10-5-3-4-6-14-10/h3-6,9H,2,7-8,13H2,1H3. The van der Waals surface area contributed by atoms with Crippen LogP contribution in [-0.2, 0) is 4.74 Å². The third kappa shape index (κ3) is 3.12. The number of nitrogens with zero attached hydrogens (tertiary/aromatic N) is 3. The number of aromatic nitrogens is 3. The average Bonchev–Trinajstić information content (AvgIpc) is 2.89. The van der Waals surface area contributed by atoms with Gasteiger partial charge in [0, 0.05) is 12.8 Å². The second-order valence-electron chi connectivity index (χ2n) is 3.85. The summed E-state index contributed by atoms with van der Waals surface area (Å²) < 4.78 is 10.5. The van der Waals surface area contributed by atoms with Crippen molar-refractivity contribution in [2.45, 2.75) is 19.4 Å². The van der Waals surface area contributed by atoms with Gasteiger partial charge in [-0.1, -0.05) is 18.1 Å². The second kappa shape index (κ2) is 6.23. The van der Waals surface area contributed by atoms with Gasteiger partial charge >= 0.3 is 0 Å². The summed E-state index contributed by atoms with van der Waals surface area (Å²) in [4.78, 5) is 8.34. The molecule has 0 bridgehead atoms. The normalized spacial score (nSPS) is 12.6. The second-order valence-corrected chi connectivity index (χ2v) is 3.85. The zero-order chi connectivity index (χ0) is 12.8. The Labute approximate surface area is 105 Å². The SMILES string of the molecule is CCCOCC(N)c1noc(-c2ccccn2)n1. The van der Waals surface area contributed by atoms with Crippen LogP contribution in [0, 0.1) is 0 Å². The van der Waals surface area contributed by atoms with Gasteiger partial charge in [-0.2, -0.15) is 4.98 Å². The minimum atomic E-state index is -0.377. The first kappa shape index (κ1) is 12.7. The van der Waals surface area contributed by atoms with E-state index in [2.05, 4.69) is 15.1 Å². The van der Waals surface area contributed by atoms with E-state index >= 15 is 0 Å². The number of ether oxygens (including phenoxy) is 1. The van der Waals surface area contributed by atoms with Crippen molar-refractivity contribution >= 4 is 0 Å². The Hall–Kier alpha value is -1.79.